The van der Waals surface area contributed by atoms with Gasteiger partial charge in [-0.15, -0.1) is 0 Å². The van der Waals surface area contributed by atoms with Crippen molar-refractivity contribution in [1.29, 1.82) is 0 Å². The van der Waals surface area contributed by atoms with Crippen LogP contribution >= 0.6 is 0 Å². The number of ether oxygens (including phenoxy) is 4. The molecule has 7 heteroatoms. The molecule has 1 amide bonds. The standard InChI is InChI=1S/C23H29NO6/c1-5-28-19-10-12-20(13-11-19)29-14-15-30-23(26)21(16(2)3)24-22(25)17-6-8-18(27-4)9-7-17/h6-13,16,21H,5,14-15H2,1-4H3,(H,24,25)/t21-/m0/s1. The molecule has 0 bridgehead atoms. The van der Waals surface area contributed by atoms with Crippen molar-refractivity contribution in [2.24, 2.45) is 5.92 Å². The van der Waals surface area contributed by atoms with E-state index in [2.05, 4.69) is 5.32 Å². The van der Waals surface area contributed by atoms with E-state index in [0.717, 1.165) is 5.75 Å². The number of carbonyl (C=O) groups is 2. The van der Waals surface area contributed by atoms with E-state index in [1.165, 1.54) is 0 Å². The highest BCUT2D eigenvalue weighted by atomic mass is 16.6. The van der Waals surface area contributed by atoms with Crippen LogP contribution in [0.25, 0.3) is 0 Å². The summed E-state index contributed by atoms with van der Waals surface area (Å²) in [6, 6.07) is 13.1. The summed E-state index contributed by atoms with van der Waals surface area (Å²) < 4.78 is 21.3. The van der Waals surface area contributed by atoms with Gasteiger partial charge in [0.1, 0.15) is 36.5 Å². The summed E-state index contributed by atoms with van der Waals surface area (Å²) in [4.78, 5) is 24.9. The summed E-state index contributed by atoms with van der Waals surface area (Å²) in [5, 5.41) is 2.74. The average molecular weight is 415 g/mol. The Bertz CT molecular complexity index is 801. The van der Waals surface area contributed by atoms with Crippen molar-refractivity contribution in [3.63, 3.8) is 0 Å². The van der Waals surface area contributed by atoms with Crippen molar-refractivity contribution in [2.45, 2.75) is 26.8 Å². The number of nitrogens with one attached hydrogen (secondary N) is 1. The minimum Gasteiger partial charge on any atom is -0.497 e. The molecule has 162 valence electrons. The molecular weight excluding hydrogens is 386 g/mol. The number of benzene rings is 2. The van der Waals surface area contributed by atoms with Gasteiger partial charge in [0.15, 0.2) is 0 Å². The fourth-order valence-corrected chi connectivity index (χ4v) is 2.66. The largest absolute Gasteiger partial charge is 0.497 e. The summed E-state index contributed by atoms with van der Waals surface area (Å²) in [6.07, 6.45) is 0. The van der Waals surface area contributed by atoms with Crippen molar-refractivity contribution < 1.29 is 28.5 Å². The number of esters is 1. The molecule has 0 spiro atoms. The third-order valence-electron chi connectivity index (χ3n) is 4.29. The molecule has 0 aromatic heterocycles. The summed E-state index contributed by atoms with van der Waals surface area (Å²) in [6.45, 7) is 6.49. The lowest BCUT2D eigenvalue weighted by Crippen LogP contribution is -2.45. The van der Waals surface area contributed by atoms with Crippen molar-refractivity contribution in [2.75, 3.05) is 26.9 Å². The number of carbonyl (C=O) groups excluding carboxylic acids is 2. The molecule has 0 saturated heterocycles. The van der Waals surface area contributed by atoms with Crippen LogP contribution in [0.4, 0.5) is 0 Å². The van der Waals surface area contributed by atoms with Gasteiger partial charge in [0.05, 0.1) is 13.7 Å². The van der Waals surface area contributed by atoms with Crippen molar-refractivity contribution in [1.82, 2.24) is 5.32 Å². The van der Waals surface area contributed by atoms with E-state index in [1.807, 2.05) is 32.9 Å². The molecule has 0 fully saturated rings. The number of hydrogen-bond donors (Lipinski definition) is 1. The maximum atomic E-state index is 12.5. The number of amides is 1. The summed E-state index contributed by atoms with van der Waals surface area (Å²) >= 11 is 0. The lowest BCUT2D eigenvalue weighted by atomic mass is 10.0. The third kappa shape index (κ3) is 6.99. The van der Waals surface area contributed by atoms with Crippen LogP contribution < -0.4 is 19.5 Å². The fraction of sp³-hybridized carbons (Fsp3) is 0.391. The Hall–Kier alpha value is -3.22. The molecular formula is C23H29NO6. The van der Waals surface area contributed by atoms with Gasteiger partial charge >= 0.3 is 5.97 Å². The SMILES string of the molecule is CCOc1ccc(OCCOC(=O)[C@@H](NC(=O)c2ccc(OC)cc2)C(C)C)cc1. The number of methoxy groups -OCH3 is 1. The van der Waals surface area contributed by atoms with Gasteiger partial charge in [0.2, 0.25) is 0 Å². The van der Waals surface area contributed by atoms with Crippen LogP contribution in [-0.2, 0) is 9.53 Å². The van der Waals surface area contributed by atoms with Crippen LogP contribution in [0.2, 0.25) is 0 Å². The second-order valence-electron chi connectivity index (χ2n) is 6.84. The molecule has 2 rings (SSSR count). The Labute approximate surface area is 177 Å². The first-order valence-corrected chi connectivity index (χ1v) is 9.91. The summed E-state index contributed by atoms with van der Waals surface area (Å²) in [5.74, 6) is 1.10. The highest BCUT2D eigenvalue weighted by molar-refractivity contribution is 5.96. The van der Waals surface area contributed by atoms with Gasteiger partial charge in [-0.1, -0.05) is 13.8 Å². The monoisotopic (exact) mass is 415 g/mol. The normalized spacial score (nSPS) is 11.5. The van der Waals surface area contributed by atoms with Crippen LogP contribution in [0.15, 0.2) is 48.5 Å². The van der Waals surface area contributed by atoms with E-state index in [-0.39, 0.29) is 25.0 Å². The second-order valence-corrected chi connectivity index (χ2v) is 6.84. The van der Waals surface area contributed by atoms with Gasteiger partial charge < -0.3 is 24.3 Å². The molecule has 0 heterocycles. The van der Waals surface area contributed by atoms with Gasteiger partial charge in [-0.25, -0.2) is 4.79 Å². The highest BCUT2D eigenvalue weighted by Gasteiger charge is 2.26. The molecule has 30 heavy (non-hydrogen) atoms. The predicted molar refractivity (Wildman–Crippen MR) is 113 cm³/mol. The van der Waals surface area contributed by atoms with Crippen LogP contribution in [0.5, 0.6) is 17.2 Å². The maximum absolute atomic E-state index is 12.5. The molecule has 2 aromatic carbocycles. The van der Waals surface area contributed by atoms with E-state index in [1.54, 1.807) is 43.5 Å². The van der Waals surface area contributed by atoms with Crippen molar-refractivity contribution >= 4 is 11.9 Å². The number of rotatable bonds is 11. The maximum Gasteiger partial charge on any atom is 0.329 e. The number of hydrogen-bond acceptors (Lipinski definition) is 6. The zero-order chi connectivity index (χ0) is 21.9. The Morgan fingerprint density at radius 3 is 1.97 bits per heavy atom. The van der Waals surface area contributed by atoms with Gasteiger partial charge in [-0.3, -0.25) is 4.79 Å². The topological polar surface area (TPSA) is 83.1 Å². The first-order chi connectivity index (χ1) is 14.4. The molecule has 0 unspecified atom stereocenters. The molecule has 2 aromatic rings. The Balaban J connectivity index is 1.82. The zero-order valence-electron chi connectivity index (χ0n) is 17.8. The molecule has 0 saturated carbocycles. The van der Waals surface area contributed by atoms with Crippen LogP contribution in [0.1, 0.15) is 31.1 Å². The van der Waals surface area contributed by atoms with Gasteiger partial charge in [-0.05, 0) is 61.4 Å². The molecule has 0 aliphatic heterocycles. The molecule has 1 N–H and O–H groups in total. The second kappa shape index (κ2) is 11.7. The molecule has 0 aliphatic carbocycles. The minimum absolute atomic E-state index is 0.0771. The van der Waals surface area contributed by atoms with Crippen LogP contribution in [-0.4, -0.2) is 44.8 Å². The van der Waals surface area contributed by atoms with E-state index in [0.29, 0.717) is 23.7 Å². The molecule has 0 radical (unpaired) electrons. The van der Waals surface area contributed by atoms with E-state index >= 15 is 0 Å². The van der Waals surface area contributed by atoms with E-state index < -0.39 is 12.0 Å². The molecule has 0 aliphatic rings. The average Bonchev–Trinajstić information content (AvgIpc) is 2.75. The lowest BCUT2D eigenvalue weighted by molar-refractivity contribution is -0.147. The molecule has 1 atom stereocenters. The zero-order valence-corrected chi connectivity index (χ0v) is 17.8. The Kier molecular flexibility index (Phi) is 9.00. The van der Waals surface area contributed by atoms with E-state index in [4.69, 9.17) is 18.9 Å². The Morgan fingerprint density at radius 2 is 1.43 bits per heavy atom. The highest BCUT2D eigenvalue weighted by Crippen LogP contribution is 2.17. The van der Waals surface area contributed by atoms with Gasteiger partial charge in [-0.2, -0.15) is 0 Å². The first-order valence-electron chi connectivity index (χ1n) is 9.91. The predicted octanol–water partition coefficient (Wildman–Crippen LogP) is 3.47. The van der Waals surface area contributed by atoms with Gasteiger partial charge in [0.25, 0.3) is 5.91 Å². The van der Waals surface area contributed by atoms with Crippen molar-refractivity contribution in [3.05, 3.63) is 54.1 Å². The lowest BCUT2D eigenvalue weighted by Gasteiger charge is -2.21. The summed E-state index contributed by atoms with van der Waals surface area (Å²) in [7, 11) is 1.56. The third-order valence-corrected chi connectivity index (χ3v) is 4.29. The fourth-order valence-electron chi connectivity index (χ4n) is 2.66. The van der Waals surface area contributed by atoms with Crippen LogP contribution in [0.3, 0.4) is 0 Å². The van der Waals surface area contributed by atoms with Gasteiger partial charge in [0, 0.05) is 5.56 Å². The van der Waals surface area contributed by atoms with E-state index in [9.17, 15) is 9.59 Å². The van der Waals surface area contributed by atoms with Crippen molar-refractivity contribution in [3.8, 4) is 17.2 Å². The molecule has 7 nitrogen and oxygen atoms in total. The smallest absolute Gasteiger partial charge is 0.329 e. The quantitative estimate of drug-likeness (QED) is 0.447. The Morgan fingerprint density at radius 1 is 0.867 bits per heavy atom. The first kappa shape index (κ1) is 23.1. The summed E-state index contributed by atoms with van der Waals surface area (Å²) in [5.41, 5.74) is 0.438. The van der Waals surface area contributed by atoms with Crippen LogP contribution in [0, 0.1) is 5.92 Å². The minimum atomic E-state index is -0.759.